The summed E-state index contributed by atoms with van der Waals surface area (Å²) in [4.78, 5) is 0. The van der Waals surface area contributed by atoms with Crippen molar-refractivity contribution < 1.29 is 29.2 Å². The highest BCUT2D eigenvalue weighted by molar-refractivity contribution is 4.33. The molecule has 0 radical (unpaired) electrons. The van der Waals surface area contributed by atoms with Gasteiger partial charge in [-0.2, -0.15) is 0 Å². The van der Waals surface area contributed by atoms with Crippen LogP contribution in [0, 0.1) is 0 Å². The van der Waals surface area contributed by atoms with Crippen LogP contribution in [0.5, 0.6) is 0 Å². The fourth-order valence-corrected chi connectivity index (χ4v) is 0.875. The lowest BCUT2D eigenvalue weighted by molar-refractivity contribution is 0.00230. The number of ether oxygens (including phenoxy) is 4. The predicted molar refractivity (Wildman–Crippen MR) is 68.8 cm³/mol. The molecule has 0 aliphatic rings. The van der Waals surface area contributed by atoms with Crippen LogP contribution >= 0.6 is 0 Å². The quantitative estimate of drug-likeness (QED) is 0.488. The second kappa shape index (κ2) is 22.0. The zero-order chi connectivity index (χ0) is 13.9. The van der Waals surface area contributed by atoms with Crippen LogP contribution < -0.4 is 0 Å². The minimum absolute atomic E-state index is 0.0413. The lowest BCUT2D eigenvalue weighted by Gasteiger charge is -2.04. The Morgan fingerprint density at radius 3 is 1.11 bits per heavy atom. The van der Waals surface area contributed by atoms with E-state index in [9.17, 15) is 0 Å². The molecule has 0 atom stereocenters. The molecule has 0 unspecified atom stereocenters. The van der Waals surface area contributed by atoms with Gasteiger partial charge >= 0.3 is 0 Å². The van der Waals surface area contributed by atoms with Crippen LogP contribution in [0.2, 0.25) is 0 Å². The van der Waals surface area contributed by atoms with Gasteiger partial charge in [0.2, 0.25) is 0 Å². The lowest BCUT2D eigenvalue weighted by atomic mass is 10.7. The third-order valence-electron chi connectivity index (χ3n) is 1.62. The van der Waals surface area contributed by atoms with Crippen molar-refractivity contribution in [2.45, 2.75) is 13.8 Å². The number of hydrogen-bond acceptors (Lipinski definition) is 6. The average molecular weight is 268 g/mol. The normalized spacial score (nSPS) is 10.0. The van der Waals surface area contributed by atoms with Gasteiger partial charge in [0.05, 0.1) is 52.9 Å². The Labute approximate surface area is 110 Å². The van der Waals surface area contributed by atoms with Crippen LogP contribution in [0.25, 0.3) is 0 Å². The molecule has 6 heteroatoms. The third kappa shape index (κ3) is 24.8. The fraction of sp³-hybridized carbons (Fsp3) is 1.00. The summed E-state index contributed by atoms with van der Waals surface area (Å²) in [6.45, 7) is 8.43. The van der Waals surface area contributed by atoms with Crippen LogP contribution in [0.1, 0.15) is 13.8 Å². The van der Waals surface area contributed by atoms with Gasteiger partial charge in [-0.05, 0) is 13.8 Å². The van der Waals surface area contributed by atoms with Crippen molar-refractivity contribution in [2.75, 3.05) is 66.1 Å². The Kier molecular flexibility index (Phi) is 24.5. The molecule has 18 heavy (non-hydrogen) atoms. The van der Waals surface area contributed by atoms with E-state index in [2.05, 4.69) is 0 Å². The van der Waals surface area contributed by atoms with Crippen molar-refractivity contribution in [3.8, 4) is 0 Å². The molecule has 0 amide bonds. The van der Waals surface area contributed by atoms with E-state index in [0.29, 0.717) is 39.6 Å². The molecule has 0 saturated carbocycles. The summed E-state index contributed by atoms with van der Waals surface area (Å²) in [6.07, 6.45) is 0. The summed E-state index contributed by atoms with van der Waals surface area (Å²) >= 11 is 0. The van der Waals surface area contributed by atoms with E-state index in [1.54, 1.807) is 0 Å². The molecule has 0 fully saturated rings. The first-order chi connectivity index (χ1) is 8.83. The van der Waals surface area contributed by atoms with E-state index in [1.807, 2.05) is 13.8 Å². The van der Waals surface area contributed by atoms with Crippen LogP contribution in [0.3, 0.4) is 0 Å². The van der Waals surface area contributed by atoms with Gasteiger partial charge in [0.1, 0.15) is 0 Å². The Morgan fingerprint density at radius 1 is 0.556 bits per heavy atom. The van der Waals surface area contributed by atoms with Gasteiger partial charge < -0.3 is 29.2 Å². The molecule has 0 aliphatic carbocycles. The van der Waals surface area contributed by atoms with E-state index < -0.39 is 0 Å². The van der Waals surface area contributed by atoms with Crippen molar-refractivity contribution in [1.29, 1.82) is 0 Å². The van der Waals surface area contributed by atoms with Gasteiger partial charge in [0.15, 0.2) is 0 Å². The molecule has 112 valence electrons. The van der Waals surface area contributed by atoms with E-state index >= 15 is 0 Å². The van der Waals surface area contributed by atoms with Crippen molar-refractivity contribution in [2.24, 2.45) is 0 Å². The molecule has 0 aromatic heterocycles. The summed E-state index contributed by atoms with van der Waals surface area (Å²) in [7, 11) is 0. The molecular formula is C12H28O6. The third-order valence-corrected chi connectivity index (χ3v) is 1.62. The largest absolute Gasteiger partial charge is 0.394 e. The Morgan fingerprint density at radius 2 is 0.889 bits per heavy atom. The Bertz CT molecular complexity index is 111. The molecule has 0 aromatic rings. The standard InChI is InChI=1S/C8H18O5.C4H10O/c9-1-3-11-5-7-13-8-6-12-4-2-10;1-3-5-4-2/h9-10H,1-8H2;3-4H2,1-2H3. The molecule has 2 N–H and O–H groups in total. The Hall–Kier alpha value is -0.240. The highest BCUT2D eigenvalue weighted by Crippen LogP contribution is 1.80. The first kappa shape index (κ1) is 20.1. The number of rotatable bonds is 12. The van der Waals surface area contributed by atoms with Crippen molar-refractivity contribution in [1.82, 2.24) is 0 Å². The maximum absolute atomic E-state index is 8.36. The summed E-state index contributed by atoms with van der Waals surface area (Å²) in [5, 5.41) is 16.7. The van der Waals surface area contributed by atoms with E-state index in [-0.39, 0.29) is 13.2 Å². The number of hydrogen-bond donors (Lipinski definition) is 2. The number of aliphatic hydroxyl groups is 2. The molecule has 0 aliphatic heterocycles. The molecule has 0 rings (SSSR count). The summed E-state index contributed by atoms with van der Waals surface area (Å²) in [5.41, 5.74) is 0. The molecule has 0 aromatic carbocycles. The molecule has 0 saturated heterocycles. The minimum atomic E-state index is 0.0413. The molecule has 0 heterocycles. The van der Waals surface area contributed by atoms with Gasteiger partial charge in [0.25, 0.3) is 0 Å². The SMILES string of the molecule is CCOCC.OCCOCCOCCOCCO. The van der Waals surface area contributed by atoms with Crippen LogP contribution in [0.4, 0.5) is 0 Å². The van der Waals surface area contributed by atoms with Crippen LogP contribution in [0.15, 0.2) is 0 Å². The maximum atomic E-state index is 8.36. The monoisotopic (exact) mass is 268 g/mol. The van der Waals surface area contributed by atoms with Gasteiger partial charge in [-0.15, -0.1) is 0 Å². The zero-order valence-electron chi connectivity index (χ0n) is 11.6. The highest BCUT2D eigenvalue weighted by atomic mass is 16.5. The first-order valence-corrected chi connectivity index (χ1v) is 6.36. The topological polar surface area (TPSA) is 77.4 Å². The second-order valence-corrected chi connectivity index (χ2v) is 3.07. The zero-order valence-corrected chi connectivity index (χ0v) is 11.6. The van der Waals surface area contributed by atoms with E-state index in [4.69, 9.17) is 29.2 Å². The van der Waals surface area contributed by atoms with E-state index in [0.717, 1.165) is 13.2 Å². The highest BCUT2D eigenvalue weighted by Gasteiger charge is 1.89. The van der Waals surface area contributed by atoms with Gasteiger partial charge in [-0.1, -0.05) is 0 Å². The van der Waals surface area contributed by atoms with Crippen molar-refractivity contribution in [3.05, 3.63) is 0 Å². The molecular weight excluding hydrogens is 240 g/mol. The van der Waals surface area contributed by atoms with Gasteiger partial charge in [0, 0.05) is 13.2 Å². The van der Waals surface area contributed by atoms with Crippen LogP contribution in [-0.4, -0.2) is 76.3 Å². The first-order valence-electron chi connectivity index (χ1n) is 6.36. The smallest absolute Gasteiger partial charge is 0.0701 e. The van der Waals surface area contributed by atoms with Crippen LogP contribution in [-0.2, 0) is 18.9 Å². The number of aliphatic hydroxyl groups excluding tert-OH is 2. The lowest BCUT2D eigenvalue weighted by Crippen LogP contribution is -2.11. The summed E-state index contributed by atoms with van der Waals surface area (Å²) in [5.74, 6) is 0. The van der Waals surface area contributed by atoms with Gasteiger partial charge in [-0.25, -0.2) is 0 Å². The Balaban J connectivity index is 0. The molecule has 0 bridgehead atoms. The fourth-order valence-electron chi connectivity index (χ4n) is 0.875. The predicted octanol–water partition coefficient (Wildman–Crippen LogP) is 0.0636. The maximum Gasteiger partial charge on any atom is 0.0701 e. The van der Waals surface area contributed by atoms with Crippen molar-refractivity contribution >= 4 is 0 Å². The molecule has 6 nitrogen and oxygen atoms in total. The molecule has 0 spiro atoms. The summed E-state index contributed by atoms with van der Waals surface area (Å²) < 4.78 is 19.9. The minimum Gasteiger partial charge on any atom is -0.394 e. The second-order valence-electron chi connectivity index (χ2n) is 3.07. The van der Waals surface area contributed by atoms with Crippen molar-refractivity contribution in [3.63, 3.8) is 0 Å². The van der Waals surface area contributed by atoms with E-state index in [1.165, 1.54) is 0 Å². The average Bonchev–Trinajstić information content (AvgIpc) is 2.39. The van der Waals surface area contributed by atoms with Gasteiger partial charge in [-0.3, -0.25) is 0 Å². The summed E-state index contributed by atoms with van der Waals surface area (Å²) in [6, 6.07) is 0.